The number of carboxylic acids is 1. The van der Waals surface area contributed by atoms with Crippen molar-refractivity contribution in [3.05, 3.63) is 35.2 Å². The van der Waals surface area contributed by atoms with Gasteiger partial charge in [-0.2, -0.15) is 0 Å². The lowest BCUT2D eigenvalue weighted by Crippen LogP contribution is -2.44. The fourth-order valence-electron chi connectivity index (χ4n) is 1.95. The van der Waals surface area contributed by atoms with Crippen molar-refractivity contribution in [1.29, 1.82) is 0 Å². The van der Waals surface area contributed by atoms with Crippen LogP contribution in [0.1, 0.15) is 30.6 Å². The molecule has 1 amide bonds. The molecule has 19 heavy (non-hydrogen) atoms. The van der Waals surface area contributed by atoms with Crippen LogP contribution in [0.15, 0.2) is 29.6 Å². The van der Waals surface area contributed by atoms with Crippen molar-refractivity contribution in [2.45, 2.75) is 25.8 Å². The van der Waals surface area contributed by atoms with Crippen LogP contribution in [0.4, 0.5) is 0 Å². The van der Waals surface area contributed by atoms with Gasteiger partial charge in [0, 0.05) is 21.0 Å². The first-order valence-electron chi connectivity index (χ1n) is 5.89. The molecule has 0 aliphatic rings. The van der Waals surface area contributed by atoms with Crippen molar-refractivity contribution in [3.63, 3.8) is 0 Å². The van der Waals surface area contributed by atoms with Gasteiger partial charge >= 0.3 is 5.97 Å². The molecule has 0 saturated heterocycles. The van der Waals surface area contributed by atoms with Gasteiger partial charge in [-0.15, -0.1) is 11.3 Å². The maximum absolute atomic E-state index is 12.2. The Morgan fingerprint density at radius 2 is 2.00 bits per heavy atom. The smallest absolute Gasteiger partial charge is 0.305 e. The second-order valence-corrected chi connectivity index (χ2v) is 5.97. The van der Waals surface area contributed by atoms with E-state index in [0.717, 1.165) is 10.1 Å². The Bertz CT molecular complexity index is 630. The van der Waals surface area contributed by atoms with E-state index < -0.39 is 11.5 Å². The minimum absolute atomic E-state index is 0.110. The lowest BCUT2D eigenvalue weighted by Gasteiger charge is -2.24. The first-order valence-corrected chi connectivity index (χ1v) is 6.77. The molecule has 0 aliphatic heterocycles. The number of benzene rings is 1. The molecule has 5 heteroatoms. The molecule has 0 atom stereocenters. The Morgan fingerprint density at radius 1 is 1.32 bits per heavy atom. The van der Waals surface area contributed by atoms with Crippen LogP contribution in [-0.2, 0) is 4.79 Å². The zero-order valence-electron chi connectivity index (χ0n) is 10.8. The number of carboxylic acid groups (broad SMARTS) is 1. The molecule has 1 aromatic heterocycles. The third-order valence-electron chi connectivity index (χ3n) is 2.77. The van der Waals surface area contributed by atoms with Gasteiger partial charge in [0.15, 0.2) is 0 Å². The number of hydrogen-bond donors (Lipinski definition) is 2. The Hall–Kier alpha value is -1.88. The number of fused-ring (bicyclic) bond motifs is 1. The third kappa shape index (κ3) is 3.12. The number of hydrogen-bond acceptors (Lipinski definition) is 3. The second-order valence-electron chi connectivity index (χ2n) is 5.05. The minimum Gasteiger partial charge on any atom is -0.481 e. The molecule has 2 aromatic rings. The van der Waals surface area contributed by atoms with E-state index in [0.29, 0.717) is 5.56 Å². The Labute approximate surface area is 115 Å². The third-order valence-corrected chi connectivity index (χ3v) is 3.73. The van der Waals surface area contributed by atoms with Gasteiger partial charge in [-0.05, 0) is 19.9 Å². The average molecular weight is 277 g/mol. The number of amides is 1. The van der Waals surface area contributed by atoms with Gasteiger partial charge in [-0.25, -0.2) is 0 Å². The first kappa shape index (κ1) is 13.5. The van der Waals surface area contributed by atoms with Crippen LogP contribution in [-0.4, -0.2) is 22.5 Å². The number of nitrogens with one attached hydrogen (secondary N) is 1. The molecular formula is C14H15NO3S. The standard InChI is InChI=1S/C14H15NO3S/c1-14(2,7-12(16)17)15-13(18)10-8-19-11-6-4-3-5-9(10)11/h3-6,8H,7H2,1-2H3,(H,15,18)(H,16,17). The van der Waals surface area contributed by atoms with Crippen LogP contribution < -0.4 is 5.32 Å². The number of rotatable bonds is 4. The number of carbonyl (C=O) groups excluding carboxylic acids is 1. The van der Waals surface area contributed by atoms with Gasteiger partial charge in [0.2, 0.25) is 0 Å². The van der Waals surface area contributed by atoms with Crippen LogP contribution in [0.25, 0.3) is 10.1 Å². The predicted molar refractivity (Wildman–Crippen MR) is 75.6 cm³/mol. The molecular weight excluding hydrogens is 262 g/mol. The highest BCUT2D eigenvalue weighted by Crippen LogP contribution is 2.26. The number of thiophene rings is 1. The maximum atomic E-state index is 12.2. The summed E-state index contributed by atoms with van der Waals surface area (Å²) in [6.07, 6.45) is -0.110. The topological polar surface area (TPSA) is 66.4 Å². The van der Waals surface area contributed by atoms with Gasteiger partial charge in [0.05, 0.1) is 12.0 Å². The summed E-state index contributed by atoms with van der Waals surface area (Å²) in [6.45, 7) is 3.40. The van der Waals surface area contributed by atoms with E-state index in [-0.39, 0.29) is 12.3 Å². The molecule has 1 heterocycles. The lowest BCUT2D eigenvalue weighted by atomic mass is 10.00. The van der Waals surface area contributed by atoms with E-state index in [2.05, 4.69) is 5.32 Å². The summed E-state index contributed by atoms with van der Waals surface area (Å²) < 4.78 is 1.05. The number of aliphatic carboxylic acids is 1. The zero-order valence-corrected chi connectivity index (χ0v) is 11.6. The van der Waals surface area contributed by atoms with E-state index in [1.54, 1.807) is 19.2 Å². The van der Waals surface area contributed by atoms with Crippen molar-refractivity contribution in [2.75, 3.05) is 0 Å². The highest BCUT2D eigenvalue weighted by Gasteiger charge is 2.25. The lowest BCUT2D eigenvalue weighted by molar-refractivity contribution is -0.138. The minimum atomic E-state index is -0.930. The van der Waals surface area contributed by atoms with E-state index in [4.69, 9.17) is 5.11 Å². The Balaban J connectivity index is 2.23. The molecule has 2 rings (SSSR count). The predicted octanol–water partition coefficient (Wildman–Crippen LogP) is 2.88. The van der Waals surface area contributed by atoms with Crippen molar-refractivity contribution in [3.8, 4) is 0 Å². The van der Waals surface area contributed by atoms with Crippen molar-refractivity contribution in [2.24, 2.45) is 0 Å². The SMILES string of the molecule is CC(C)(CC(=O)O)NC(=O)c1csc2ccccc12. The van der Waals surface area contributed by atoms with Gasteiger partial charge in [0.25, 0.3) is 5.91 Å². The molecule has 0 saturated carbocycles. The zero-order chi connectivity index (χ0) is 14.0. The Kier molecular flexibility index (Phi) is 3.57. The quantitative estimate of drug-likeness (QED) is 0.903. The summed E-state index contributed by atoms with van der Waals surface area (Å²) in [4.78, 5) is 23.0. The van der Waals surface area contributed by atoms with Gasteiger partial charge in [-0.3, -0.25) is 9.59 Å². The van der Waals surface area contributed by atoms with E-state index in [1.807, 2.05) is 24.3 Å². The van der Waals surface area contributed by atoms with Gasteiger partial charge < -0.3 is 10.4 Å². The van der Waals surface area contributed by atoms with Crippen LogP contribution in [0.5, 0.6) is 0 Å². The summed E-state index contributed by atoms with van der Waals surface area (Å²) in [6, 6.07) is 7.66. The van der Waals surface area contributed by atoms with Crippen LogP contribution >= 0.6 is 11.3 Å². The molecule has 0 unspecified atom stereocenters. The van der Waals surface area contributed by atoms with Crippen LogP contribution in [0.2, 0.25) is 0 Å². The average Bonchev–Trinajstić information content (AvgIpc) is 2.69. The molecule has 0 radical (unpaired) electrons. The Morgan fingerprint density at radius 3 is 2.68 bits per heavy atom. The normalized spacial score (nSPS) is 11.5. The molecule has 1 aromatic carbocycles. The van der Waals surface area contributed by atoms with Crippen molar-refractivity contribution < 1.29 is 14.7 Å². The maximum Gasteiger partial charge on any atom is 0.305 e. The molecule has 100 valence electrons. The highest BCUT2D eigenvalue weighted by molar-refractivity contribution is 7.17. The number of carbonyl (C=O) groups is 2. The highest BCUT2D eigenvalue weighted by atomic mass is 32.1. The second kappa shape index (κ2) is 5.01. The molecule has 0 fully saturated rings. The summed E-state index contributed by atoms with van der Waals surface area (Å²) in [5.41, 5.74) is -0.176. The molecule has 0 aliphatic carbocycles. The van der Waals surface area contributed by atoms with E-state index in [9.17, 15) is 9.59 Å². The summed E-state index contributed by atoms with van der Waals surface area (Å²) >= 11 is 1.51. The van der Waals surface area contributed by atoms with Gasteiger partial charge in [0.1, 0.15) is 0 Å². The summed E-state index contributed by atoms with van der Waals surface area (Å²) in [5, 5.41) is 14.3. The van der Waals surface area contributed by atoms with Gasteiger partial charge in [-0.1, -0.05) is 18.2 Å². The summed E-state index contributed by atoms with van der Waals surface area (Å²) in [5.74, 6) is -1.16. The largest absolute Gasteiger partial charge is 0.481 e. The molecule has 0 bridgehead atoms. The summed E-state index contributed by atoms with van der Waals surface area (Å²) in [7, 11) is 0. The van der Waals surface area contributed by atoms with E-state index >= 15 is 0 Å². The fourth-order valence-corrected chi connectivity index (χ4v) is 2.89. The van der Waals surface area contributed by atoms with Crippen molar-refractivity contribution >= 4 is 33.3 Å². The molecule has 0 spiro atoms. The van der Waals surface area contributed by atoms with Crippen LogP contribution in [0, 0.1) is 0 Å². The monoisotopic (exact) mass is 277 g/mol. The van der Waals surface area contributed by atoms with E-state index in [1.165, 1.54) is 11.3 Å². The molecule has 2 N–H and O–H groups in total. The first-order chi connectivity index (χ1) is 8.89. The fraction of sp³-hybridized carbons (Fsp3) is 0.286. The van der Waals surface area contributed by atoms with Crippen LogP contribution in [0.3, 0.4) is 0 Å². The van der Waals surface area contributed by atoms with Crippen molar-refractivity contribution in [1.82, 2.24) is 5.32 Å². The molecule has 4 nitrogen and oxygen atoms in total.